The Morgan fingerprint density at radius 3 is 2.90 bits per heavy atom. The van der Waals surface area contributed by atoms with Crippen LogP contribution >= 0.6 is 35.6 Å². The molecule has 116 valence electrons. The van der Waals surface area contributed by atoms with Crippen LogP contribution in [0.15, 0.2) is 17.1 Å². The Bertz CT molecular complexity index is 539. The zero-order valence-corrected chi connectivity index (χ0v) is 15.0. The highest BCUT2D eigenvalue weighted by molar-refractivity contribution is 14.0. The monoisotopic (exact) mass is 423 g/mol. The molecular formula is C14H19ClIN3O2. The minimum absolute atomic E-state index is 0. The van der Waals surface area contributed by atoms with Crippen LogP contribution in [-0.4, -0.2) is 50.8 Å². The van der Waals surface area contributed by atoms with Crippen molar-refractivity contribution in [3.8, 4) is 11.5 Å². The summed E-state index contributed by atoms with van der Waals surface area (Å²) in [6, 6.07) is 3.94. The lowest BCUT2D eigenvalue weighted by atomic mass is 10.1. The second kappa shape index (κ2) is 7.40. The zero-order chi connectivity index (χ0) is 13.9. The quantitative estimate of drug-likeness (QED) is 0.757. The number of halogens is 2. The maximum atomic E-state index is 6.22. The molecule has 2 aliphatic heterocycles. The number of rotatable bonds is 3. The average Bonchev–Trinajstić information content (AvgIpc) is 2.85. The van der Waals surface area contributed by atoms with Crippen LogP contribution in [0, 0.1) is 0 Å². The molecule has 0 saturated heterocycles. The van der Waals surface area contributed by atoms with Gasteiger partial charge in [-0.2, -0.15) is 0 Å². The first-order valence-corrected chi connectivity index (χ1v) is 7.19. The summed E-state index contributed by atoms with van der Waals surface area (Å²) < 4.78 is 11.1. The Kier molecular flexibility index (Phi) is 5.80. The first kappa shape index (κ1) is 16.5. The Morgan fingerprint density at radius 1 is 1.33 bits per heavy atom. The van der Waals surface area contributed by atoms with Crippen molar-refractivity contribution in [1.29, 1.82) is 0 Å². The highest BCUT2D eigenvalue weighted by Crippen LogP contribution is 2.38. The first-order chi connectivity index (χ1) is 9.74. The first-order valence-electron chi connectivity index (χ1n) is 6.81. The molecule has 1 aromatic carbocycles. The van der Waals surface area contributed by atoms with Gasteiger partial charge >= 0.3 is 0 Å². The van der Waals surface area contributed by atoms with Crippen molar-refractivity contribution in [3.05, 3.63) is 22.7 Å². The predicted octanol–water partition coefficient (Wildman–Crippen LogP) is 2.16. The van der Waals surface area contributed by atoms with E-state index < -0.39 is 0 Å². The highest BCUT2D eigenvalue weighted by Gasteiger charge is 2.17. The molecule has 0 spiro atoms. The van der Waals surface area contributed by atoms with Crippen molar-refractivity contribution >= 4 is 41.5 Å². The molecule has 0 saturated carbocycles. The Hall–Kier alpha value is -0.890. The van der Waals surface area contributed by atoms with E-state index in [-0.39, 0.29) is 24.0 Å². The van der Waals surface area contributed by atoms with E-state index in [2.05, 4.69) is 15.2 Å². The molecule has 1 aromatic rings. The SMILES string of the molecule is CN1CCN=C1NCCc1cc(Cl)c2c(c1)OCCO2.I. The van der Waals surface area contributed by atoms with Crippen molar-refractivity contribution in [2.75, 3.05) is 39.9 Å². The third-order valence-corrected chi connectivity index (χ3v) is 3.69. The molecule has 3 rings (SSSR count). The minimum atomic E-state index is 0. The molecule has 2 aliphatic rings. The van der Waals surface area contributed by atoms with E-state index in [9.17, 15) is 0 Å². The second-order valence-corrected chi connectivity index (χ2v) is 5.31. The van der Waals surface area contributed by atoms with E-state index in [1.807, 2.05) is 19.2 Å². The number of ether oxygens (including phenoxy) is 2. The molecule has 1 N–H and O–H groups in total. The number of hydrogen-bond donors (Lipinski definition) is 1. The van der Waals surface area contributed by atoms with Crippen LogP contribution in [-0.2, 0) is 6.42 Å². The van der Waals surface area contributed by atoms with Gasteiger partial charge in [0.05, 0.1) is 11.6 Å². The fraction of sp³-hybridized carbons (Fsp3) is 0.500. The fourth-order valence-electron chi connectivity index (χ4n) is 2.35. The molecular weight excluding hydrogens is 405 g/mol. The molecule has 21 heavy (non-hydrogen) atoms. The molecule has 0 fully saturated rings. The maximum absolute atomic E-state index is 6.22. The number of nitrogens with zero attached hydrogens (tertiary/aromatic N) is 2. The smallest absolute Gasteiger partial charge is 0.193 e. The number of guanidine groups is 1. The molecule has 7 heteroatoms. The van der Waals surface area contributed by atoms with E-state index in [0.29, 0.717) is 24.0 Å². The van der Waals surface area contributed by atoms with Crippen LogP contribution < -0.4 is 14.8 Å². The summed E-state index contributed by atoms with van der Waals surface area (Å²) in [5.41, 5.74) is 1.13. The van der Waals surface area contributed by atoms with Crippen LogP contribution in [0.25, 0.3) is 0 Å². The fourth-order valence-corrected chi connectivity index (χ4v) is 2.64. The lowest BCUT2D eigenvalue weighted by Crippen LogP contribution is -2.36. The van der Waals surface area contributed by atoms with Crippen LogP contribution in [0.3, 0.4) is 0 Å². The topological polar surface area (TPSA) is 46.1 Å². The molecule has 2 heterocycles. The zero-order valence-electron chi connectivity index (χ0n) is 11.9. The highest BCUT2D eigenvalue weighted by atomic mass is 127. The van der Waals surface area contributed by atoms with Gasteiger partial charge in [0.2, 0.25) is 0 Å². The molecule has 0 unspecified atom stereocenters. The summed E-state index contributed by atoms with van der Waals surface area (Å²) in [7, 11) is 2.04. The molecule has 0 aromatic heterocycles. The van der Waals surface area contributed by atoms with Gasteiger partial charge in [-0.3, -0.25) is 4.99 Å². The van der Waals surface area contributed by atoms with Crippen LogP contribution in [0.4, 0.5) is 0 Å². The Balaban J connectivity index is 0.00000161. The predicted molar refractivity (Wildman–Crippen MR) is 94.5 cm³/mol. The molecule has 0 radical (unpaired) electrons. The van der Waals surface area contributed by atoms with Gasteiger partial charge in [-0.1, -0.05) is 11.6 Å². The maximum Gasteiger partial charge on any atom is 0.193 e. The number of aliphatic imine (C=N–C) groups is 1. The summed E-state index contributed by atoms with van der Waals surface area (Å²) >= 11 is 6.22. The number of benzene rings is 1. The third kappa shape index (κ3) is 3.85. The number of fused-ring (bicyclic) bond motifs is 1. The van der Waals surface area contributed by atoms with Gasteiger partial charge in [0.1, 0.15) is 13.2 Å². The normalized spacial score (nSPS) is 16.3. The van der Waals surface area contributed by atoms with Gasteiger partial charge in [-0.25, -0.2) is 0 Å². The van der Waals surface area contributed by atoms with Gasteiger partial charge in [-0.15, -0.1) is 24.0 Å². The minimum Gasteiger partial charge on any atom is -0.486 e. The molecule has 5 nitrogen and oxygen atoms in total. The number of likely N-dealkylation sites (N-methyl/N-ethyl adjacent to an activating group) is 1. The van der Waals surface area contributed by atoms with Gasteiger partial charge in [0.15, 0.2) is 17.5 Å². The Morgan fingerprint density at radius 2 is 2.14 bits per heavy atom. The van der Waals surface area contributed by atoms with E-state index in [1.54, 1.807) is 0 Å². The number of nitrogens with one attached hydrogen (secondary N) is 1. The summed E-state index contributed by atoms with van der Waals surface area (Å²) in [4.78, 5) is 6.52. The van der Waals surface area contributed by atoms with Crippen molar-refractivity contribution < 1.29 is 9.47 Å². The summed E-state index contributed by atoms with van der Waals surface area (Å²) in [6.07, 6.45) is 0.864. The van der Waals surface area contributed by atoms with Crippen molar-refractivity contribution in [2.24, 2.45) is 4.99 Å². The van der Waals surface area contributed by atoms with Gasteiger partial charge in [0, 0.05) is 20.1 Å². The largest absolute Gasteiger partial charge is 0.486 e. The lowest BCUT2D eigenvalue weighted by molar-refractivity contribution is 0.171. The molecule has 0 atom stereocenters. The van der Waals surface area contributed by atoms with Crippen LogP contribution in [0.1, 0.15) is 5.56 Å². The second-order valence-electron chi connectivity index (χ2n) is 4.91. The van der Waals surface area contributed by atoms with Crippen molar-refractivity contribution in [3.63, 3.8) is 0 Å². The molecule has 0 aliphatic carbocycles. The lowest BCUT2D eigenvalue weighted by Gasteiger charge is -2.20. The van der Waals surface area contributed by atoms with Gasteiger partial charge in [-0.05, 0) is 24.1 Å². The summed E-state index contributed by atoms with van der Waals surface area (Å²) in [6.45, 7) is 3.80. The molecule has 0 amide bonds. The van der Waals surface area contributed by atoms with Crippen LogP contribution in [0.2, 0.25) is 5.02 Å². The average molecular weight is 424 g/mol. The Labute approximate surface area is 146 Å². The van der Waals surface area contributed by atoms with Crippen molar-refractivity contribution in [2.45, 2.75) is 6.42 Å². The summed E-state index contributed by atoms with van der Waals surface area (Å²) in [5.74, 6) is 2.37. The summed E-state index contributed by atoms with van der Waals surface area (Å²) in [5, 5.41) is 3.96. The molecule has 0 bridgehead atoms. The van der Waals surface area contributed by atoms with Crippen molar-refractivity contribution in [1.82, 2.24) is 10.2 Å². The van der Waals surface area contributed by atoms with Gasteiger partial charge < -0.3 is 19.7 Å². The van der Waals surface area contributed by atoms with E-state index in [4.69, 9.17) is 21.1 Å². The van der Waals surface area contributed by atoms with Gasteiger partial charge in [0.25, 0.3) is 0 Å². The van der Waals surface area contributed by atoms with Crippen LogP contribution in [0.5, 0.6) is 11.5 Å². The van der Waals surface area contributed by atoms with E-state index in [1.165, 1.54) is 0 Å². The van der Waals surface area contributed by atoms with E-state index >= 15 is 0 Å². The third-order valence-electron chi connectivity index (χ3n) is 3.41. The van der Waals surface area contributed by atoms with E-state index in [0.717, 1.165) is 43.3 Å². The standard InChI is InChI=1S/C14H18ClN3O2.HI/c1-18-5-4-17-14(18)16-3-2-10-8-11(15)13-12(9-10)19-6-7-20-13;/h8-9H,2-7H2,1H3,(H,16,17);1H. The number of hydrogen-bond acceptors (Lipinski definition) is 5.